The molecule has 2 heterocycles. The third-order valence-electron chi connectivity index (χ3n) is 2.58. The Morgan fingerprint density at radius 1 is 1.61 bits per heavy atom. The molecular weight excluding hydrogens is 238 g/mol. The molecule has 0 atom stereocenters. The Hall–Kier alpha value is -2.35. The smallest absolute Gasteiger partial charge is 0.345 e. The Bertz CT molecular complexity index is 636. The molecule has 0 saturated heterocycles. The van der Waals surface area contributed by atoms with E-state index in [0.717, 1.165) is 0 Å². The van der Waals surface area contributed by atoms with E-state index in [1.165, 1.54) is 15.6 Å². The van der Waals surface area contributed by atoms with Crippen molar-refractivity contribution in [2.75, 3.05) is 0 Å². The first-order valence-corrected chi connectivity index (χ1v) is 5.21. The van der Waals surface area contributed by atoms with Crippen LogP contribution in [-0.2, 0) is 13.6 Å². The van der Waals surface area contributed by atoms with E-state index in [-0.39, 0.29) is 18.0 Å². The van der Waals surface area contributed by atoms with Gasteiger partial charge in [0.2, 0.25) is 0 Å². The molecule has 8 heteroatoms. The first-order chi connectivity index (χ1) is 8.52. The molecule has 0 aliphatic carbocycles. The zero-order valence-electron chi connectivity index (χ0n) is 10.0. The van der Waals surface area contributed by atoms with Gasteiger partial charge in [-0.2, -0.15) is 5.10 Å². The minimum atomic E-state index is -0.516. The number of amides is 1. The number of carbonyl (C=O) groups excluding carboxylic acids is 1. The largest absolute Gasteiger partial charge is 0.456 e. The molecule has 18 heavy (non-hydrogen) atoms. The molecule has 0 aliphatic rings. The van der Waals surface area contributed by atoms with Gasteiger partial charge >= 0.3 is 11.6 Å². The molecule has 2 rings (SSSR count). The van der Waals surface area contributed by atoms with Crippen molar-refractivity contribution in [1.29, 1.82) is 0 Å². The highest BCUT2D eigenvalue weighted by molar-refractivity contribution is 5.91. The first-order valence-electron chi connectivity index (χ1n) is 5.21. The van der Waals surface area contributed by atoms with Crippen molar-refractivity contribution in [2.24, 2.45) is 12.9 Å². The van der Waals surface area contributed by atoms with Crippen molar-refractivity contribution in [1.82, 2.24) is 19.8 Å². The highest BCUT2D eigenvalue weighted by Crippen LogP contribution is 2.14. The van der Waals surface area contributed by atoms with Gasteiger partial charge in [0.05, 0.1) is 6.54 Å². The highest BCUT2D eigenvalue weighted by Gasteiger charge is 2.14. The van der Waals surface area contributed by atoms with Gasteiger partial charge < -0.3 is 4.42 Å². The highest BCUT2D eigenvalue weighted by atomic mass is 16.4. The van der Waals surface area contributed by atoms with Gasteiger partial charge in [-0.1, -0.05) is 0 Å². The molecule has 8 nitrogen and oxygen atoms in total. The number of carbonyl (C=O) groups is 1. The number of aryl methyl sites for hydroxylation is 2. The summed E-state index contributed by atoms with van der Waals surface area (Å²) in [5.41, 5.74) is 2.45. The van der Waals surface area contributed by atoms with E-state index < -0.39 is 5.91 Å². The Labute approximate surface area is 102 Å². The molecule has 0 radical (unpaired) electrons. The standard InChI is InChI=1S/C10H13N5O3/c1-6-7(3-8(18-6)9(16)13-11)4-15-10(17)14(2)5-12-15/h3,5H,4,11H2,1-2H3,(H,13,16). The van der Waals surface area contributed by atoms with E-state index in [2.05, 4.69) is 5.10 Å². The van der Waals surface area contributed by atoms with Crippen LogP contribution in [0.4, 0.5) is 0 Å². The second-order valence-electron chi connectivity index (χ2n) is 3.85. The number of rotatable bonds is 3. The SMILES string of the molecule is Cc1oc(C(=O)NN)cc1Cn1ncn(C)c1=O. The topological polar surface area (TPSA) is 108 Å². The second kappa shape index (κ2) is 4.49. The molecule has 1 amide bonds. The summed E-state index contributed by atoms with van der Waals surface area (Å²) < 4.78 is 7.89. The monoisotopic (exact) mass is 251 g/mol. The number of furan rings is 1. The Morgan fingerprint density at radius 3 is 2.89 bits per heavy atom. The fraction of sp³-hybridized carbons (Fsp3) is 0.300. The van der Waals surface area contributed by atoms with Crippen LogP contribution < -0.4 is 17.0 Å². The van der Waals surface area contributed by atoms with E-state index in [0.29, 0.717) is 11.3 Å². The van der Waals surface area contributed by atoms with Crippen LogP contribution in [0.1, 0.15) is 21.9 Å². The van der Waals surface area contributed by atoms with Gasteiger partial charge in [-0.25, -0.2) is 15.3 Å². The Morgan fingerprint density at radius 2 is 2.33 bits per heavy atom. The fourth-order valence-electron chi connectivity index (χ4n) is 1.55. The lowest BCUT2D eigenvalue weighted by Crippen LogP contribution is -2.29. The third-order valence-corrected chi connectivity index (χ3v) is 2.58. The molecule has 96 valence electrons. The van der Waals surface area contributed by atoms with Crippen LogP contribution in [0.5, 0.6) is 0 Å². The molecule has 0 saturated carbocycles. The number of nitrogens with one attached hydrogen (secondary N) is 1. The van der Waals surface area contributed by atoms with Crippen LogP contribution in [0.25, 0.3) is 0 Å². The van der Waals surface area contributed by atoms with Crippen molar-refractivity contribution in [3.63, 3.8) is 0 Å². The van der Waals surface area contributed by atoms with Crippen LogP contribution in [0, 0.1) is 6.92 Å². The summed E-state index contributed by atoms with van der Waals surface area (Å²) in [6.07, 6.45) is 1.42. The van der Waals surface area contributed by atoms with Gasteiger partial charge in [0.25, 0.3) is 0 Å². The normalized spacial score (nSPS) is 10.6. The summed E-state index contributed by atoms with van der Waals surface area (Å²) in [6, 6.07) is 1.54. The van der Waals surface area contributed by atoms with Crippen molar-refractivity contribution in [3.05, 3.63) is 40.0 Å². The summed E-state index contributed by atoms with van der Waals surface area (Å²) in [4.78, 5) is 22.9. The maximum atomic E-state index is 11.6. The third kappa shape index (κ3) is 2.05. The Balaban J connectivity index is 2.30. The molecule has 2 aromatic heterocycles. The molecule has 0 aromatic carbocycles. The van der Waals surface area contributed by atoms with E-state index in [9.17, 15) is 9.59 Å². The van der Waals surface area contributed by atoms with Crippen molar-refractivity contribution >= 4 is 5.91 Å². The van der Waals surface area contributed by atoms with Crippen LogP contribution in [0.3, 0.4) is 0 Å². The molecule has 0 bridgehead atoms. The van der Waals surface area contributed by atoms with E-state index in [1.807, 2.05) is 5.43 Å². The summed E-state index contributed by atoms with van der Waals surface area (Å²) in [6.45, 7) is 1.95. The summed E-state index contributed by atoms with van der Waals surface area (Å²) in [5.74, 6) is 5.15. The van der Waals surface area contributed by atoms with Crippen molar-refractivity contribution in [3.8, 4) is 0 Å². The minimum absolute atomic E-state index is 0.106. The number of nitrogens with zero attached hydrogens (tertiary/aromatic N) is 3. The number of aromatic nitrogens is 3. The zero-order chi connectivity index (χ0) is 13.3. The van der Waals surface area contributed by atoms with Crippen LogP contribution >= 0.6 is 0 Å². The quantitative estimate of drug-likeness (QED) is 0.419. The van der Waals surface area contributed by atoms with Gasteiger partial charge in [-0.3, -0.25) is 14.8 Å². The van der Waals surface area contributed by atoms with Crippen molar-refractivity contribution in [2.45, 2.75) is 13.5 Å². The van der Waals surface area contributed by atoms with Gasteiger partial charge in [-0.15, -0.1) is 0 Å². The summed E-state index contributed by atoms with van der Waals surface area (Å²) >= 11 is 0. The number of nitrogens with two attached hydrogens (primary N) is 1. The van der Waals surface area contributed by atoms with Gasteiger partial charge in [0.15, 0.2) is 5.76 Å². The lowest BCUT2D eigenvalue weighted by atomic mass is 10.2. The van der Waals surface area contributed by atoms with Crippen LogP contribution in [0.15, 0.2) is 21.6 Å². The molecule has 0 aliphatic heterocycles. The fourth-order valence-corrected chi connectivity index (χ4v) is 1.55. The van der Waals surface area contributed by atoms with Gasteiger partial charge in [0.1, 0.15) is 12.1 Å². The predicted molar refractivity (Wildman–Crippen MR) is 61.7 cm³/mol. The predicted octanol–water partition coefficient (Wildman–Crippen LogP) is -0.865. The number of hydrogen-bond donors (Lipinski definition) is 2. The van der Waals surface area contributed by atoms with Gasteiger partial charge in [-0.05, 0) is 13.0 Å². The molecule has 0 fully saturated rings. The summed E-state index contributed by atoms with van der Waals surface area (Å²) in [5, 5.41) is 3.93. The minimum Gasteiger partial charge on any atom is -0.456 e. The number of hydrazine groups is 1. The van der Waals surface area contributed by atoms with E-state index in [1.54, 1.807) is 20.0 Å². The Kier molecular flexibility index (Phi) is 3.02. The molecule has 3 N–H and O–H groups in total. The average molecular weight is 251 g/mol. The maximum absolute atomic E-state index is 11.6. The lowest BCUT2D eigenvalue weighted by molar-refractivity contribution is 0.0924. The zero-order valence-corrected chi connectivity index (χ0v) is 10.0. The van der Waals surface area contributed by atoms with Gasteiger partial charge in [0, 0.05) is 12.6 Å². The average Bonchev–Trinajstić information content (AvgIpc) is 2.87. The number of nitrogen functional groups attached to an aromatic ring is 1. The maximum Gasteiger partial charge on any atom is 0.345 e. The van der Waals surface area contributed by atoms with Crippen LogP contribution in [-0.4, -0.2) is 20.3 Å². The van der Waals surface area contributed by atoms with E-state index >= 15 is 0 Å². The molecule has 0 spiro atoms. The molecule has 2 aromatic rings. The van der Waals surface area contributed by atoms with Crippen molar-refractivity contribution < 1.29 is 9.21 Å². The lowest BCUT2D eigenvalue weighted by Gasteiger charge is -1.96. The summed E-state index contributed by atoms with van der Waals surface area (Å²) in [7, 11) is 1.61. The molecule has 0 unspecified atom stereocenters. The second-order valence-corrected chi connectivity index (χ2v) is 3.85. The first kappa shape index (κ1) is 12.1. The number of hydrogen-bond acceptors (Lipinski definition) is 5. The molecular formula is C10H13N5O3. The van der Waals surface area contributed by atoms with E-state index in [4.69, 9.17) is 10.3 Å². The van der Waals surface area contributed by atoms with Crippen LogP contribution in [0.2, 0.25) is 0 Å².